The number of rotatable bonds is 7. The Balaban J connectivity index is 2.74. The number of nitrogens with one attached hydrogen (secondary N) is 1. The Bertz CT molecular complexity index is 575. The third-order valence-corrected chi connectivity index (χ3v) is 3.42. The Kier molecular flexibility index (Phi) is 5.87. The van der Waals surface area contributed by atoms with Crippen molar-refractivity contribution >= 4 is 22.1 Å². The summed E-state index contributed by atoms with van der Waals surface area (Å²) >= 11 is 0. The van der Waals surface area contributed by atoms with Gasteiger partial charge in [-0.15, -0.1) is 0 Å². The first-order valence-corrected chi connectivity index (χ1v) is 7.44. The number of carboxylic acids is 1. The second kappa shape index (κ2) is 7.18. The van der Waals surface area contributed by atoms with Crippen molar-refractivity contribution in [1.82, 2.24) is 4.89 Å². The normalized spacial score (nSPS) is 12.2. The van der Waals surface area contributed by atoms with Crippen LogP contribution in [-0.2, 0) is 19.7 Å². The number of aliphatic carboxylic acids is 1. The highest BCUT2D eigenvalue weighted by atomic mass is 32.2. The van der Waals surface area contributed by atoms with Gasteiger partial charge in [0.15, 0.2) is 0 Å². The molecule has 0 aromatic heterocycles. The predicted octanol–water partition coefficient (Wildman–Crippen LogP) is 1.65. The first-order chi connectivity index (χ1) is 9.31. The van der Waals surface area contributed by atoms with Gasteiger partial charge < -0.3 is 5.11 Å². The molecule has 0 amide bonds. The largest absolute Gasteiger partial charge is 0.478 e. The van der Waals surface area contributed by atoms with E-state index < -0.39 is 16.0 Å². The van der Waals surface area contributed by atoms with Crippen molar-refractivity contribution in [1.29, 1.82) is 0 Å². The van der Waals surface area contributed by atoms with Crippen LogP contribution in [-0.4, -0.2) is 26.1 Å². The summed E-state index contributed by atoms with van der Waals surface area (Å²) in [7, 11) is -3.72. The van der Waals surface area contributed by atoms with Crippen molar-refractivity contribution in [3.05, 3.63) is 35.9 Å². The molecule has 1 aromatic carbocycles. The minimum Gasteiger partial charge on any atom is -0.478 e. The summed E-state index contributed by atoms with van der Waals surface area (Å²) in [5.41, 5.74) is 0.592. The van der Waals surface area contributed by atoms with Crippen LogP contribution in [0.2, 0.25) is 0 Å². The average molecular weight is 299 g/mol. The second-order valence-corrected chi connectivity index (χ2v) is 6.18. The lowest BCUT2D eigenvalue weighted by Crippen LogP contribution is -2.25. The van der Waals surface area contributed by atoms with Crippen LogP contribution in [0.4, 0.5) is 0 Å². The lowest BCUT2D eigenvalue weighted by molar-refractivity contribution is -0.131. The number of carbonyl (C=O) groups is 1. The number of benzene rings is 1. The molecule has 0 fully saturated rings. The summed E-state index contributed by atoms with van der Waals surface area (Å²) in [6, 6.07) is 5.78. The van der Waals surface area contributed by atoms with E-state index in [9.17, 15) is 13.2 Å². The molecule has 0 saturated carbocycles. The zero-order valence-corrected chi connectivity index (χ0v) is 12.1. The molecule has 1 aromatic rings. The van der Waals surface area contributed by atoms with Crippen LogP contribution < -0.4 is 4.89 Å². The minimum atomic E-state index is -3.72. The zero-order chi connectivity index (χ0) is 15.2. The van der Waals surface area contributed by atoms with Crippen molar-refractivity contribution in [2.75, 3.05) is 6.61 Å². The lowest BCUT2D eigenvalue weighted by Gasteiger charge is -2.08. The summed E-state index contributed by atoms with van der Waals surface area (Å²) in [5, 5.41) is 8.49. The van der Waals surface area contributed by atoms with Crippen LogP contribution >= 0.6 is 0 Å². The molecule has 6 nitrogen and oxygen atoms in total. The molecular formula is C13H17NO5S. The number of sulfonamides is 1. The van der Waals surface area contributed by atoms with Gasteiger partial charge in [0.05, 0.1) is 11.5 Å². The fourth-order valence-corrected chi connectivity index (χ4v) is 2.07. The first-order valence-electron chi connectivity index (χ1n) is 5.96. The van der Waals surface area contributed by atoms with Crippen molar-refractivity contribution in [2.45, 2.75) is 18.7 Å². The number of carboxylic acid groups (broad SMARTS) is 1. The van der Waals surface area contributed by atoms with E-state index in [0.717, 1.165) is 6.08 Å². The second-order valence-electron chi connectivity index (χ2n) is 4.53. The van der Waals surface area contributed by atoms with Gasteiger partial charge in [0, 0.05) is 6.08 Å². The van der Waals surface area contributed by atoms with Crippen LogP contribution in [0.25, 0.3) is 6.08 Å². The van der Waals surface area contributed by atoms with Crippen LogP contribution in [0, 0.1) is 5.92 Å². The van der Waals surface area contributed by atoms with Crippen molar-refractivity contribution in [2.24, 2.45) is 5.92 Å². The van der Waals surface area contributed by atoms with Gasteiger partial charge in [-0.1, -0.05) is 30.9 Å². The Labute approximate surface area is 118 Å². The van der Waals surface area contributed by atoms with E-state index in [1.807, 2.05) is 18.7 Å². The van der Waals surface area contributed by atoms with E-state index in [2.05, 4.69) is 0 Å². The number of hydrogen-bond acceptors (Lipinski definition) is 4. The lowest BCUT2D eigenvalue weighted by atomic mass is 10.2. The van der Waals surface area contributed by atoms with Gasteiger partial charge in [0.1, 0.15) is 0 Å². The van der Waals surface area contributed by atoms with E-state index in [-0.39, 0.29) is 17.4 Å². The highest BCUT2D eigenvalue weighted by molar-refractivity contribution is 7.89. The Morgan fingerprint density at radius 3 is 2.45 bits per heavy atom. The summed E-state index contributed by atoms with van der Waals surface area (Å²) in [4.78, 5) is 17.3. The quantitative estimate of drug-likeness (QED) is 0.590. The third-order valence-electron chi connectivity index (χ3n) is 2.19. The Morgan fingerprint density at radius 2 is 1.95 bits per heavy atom. The van der Waals surface area contributed by atoms with Gasteiger partial charge >= 0.3 is 5.97 Å². The standard InChI is InChI=1S/C13H17NO5S/c1-10(2)9-19-14-20(17,18)12-6-3-11(4-7-12)5-8-13(15)16/h3-8,10,14H,9H2,1-2H3,(H,15,16)/b8-5+. The molecule has 0 bridgehead atoms. The molecule has 0 saturated heterocycles. The van der Waals surface area contributed by atoms with Gasteiger partial charge in [-0.25, -0.2) is 13.2 Å². The minimum absolute atomic E-state index is 0.0498. The third kappa shape index (κ3) is 5.52. The average Bonchev–Trinajstić information content (AvgIpc) is 2.36. The molecule has 0 unspecified atom stereocenters. The molecule has 7 heteroatoms. The SMILES string of the molecule is CC(C)CONS(=O)(=O)c1ccc(/C=C/C(=O)O)cc1. The topological polar surface area (TPSA) is 92.7 Å². The van der Waals surface area contributed by atoms with Crippen LogP contribution in [0.3, 0.4) is 0 Å². The predicted molar refractivity (Wildman–Crippen MR) is 74.2 cm³/mol. The molecular weight excluding hydrogens is 282 g/mol. The summed E-state index contributed by atoms with van der Waals surface area (Å²) in [6.45, 7) is 4.08. The van der Waals surface area contributed by atoms with Gasteiger partial charge in [0.25, 0.3) is 10.0 Å². The van der Waals surface area contributed by atoms with Crippen molar-refractivity contribution in [3.8, 4) is 0 Å². The van der Waals surface area contributed by atoms with Crippen molar-refractivity contribution in [3.63, 3.8) is 0 Å². The van der Waals surface area contributed by atoms with Gasteiger partial charge in [-0.3, -0.25) is 4.84 Å². The van der Waals surface area contributed by atoms with E-state index in [0.29, 0.717) is 5.56 Å². The van der Waals surface area contributed by atoms with Gasteiger partial charge in [-0.2, -0.15) is 0 Å². The highest BCUT2D eigenvalue weighted by Gasteiger charge is 2.13. The maximum Gasteiger partial charge on any atom is 0.328 e. The fourth-order valence-electron chi connectivity index (χ4n) is 1.25. The Morgan fingerprint density at radius 1 is 1.35 bits per heavy atom. The molecule has 0 aliphatic rings. The number of hydrogen-bond donors (Lipinski definition) is 2. The molecule has 0 heterocycles. The van der Waals surface area contributed by atoms with Gasteiger partial charge in [0.2, 0.25) is 0 Å². The Hall–Kier alpha value is -1.70. The molecule has 2 N–H and O–H groups in total. The monoisotopic (exact) mass is 299 g/mol. The molecule has 0 aliphatic carbocycles. The molecule has 1 rings (SSSR count). The molecule has 0 atom stereocenters. The maximum atomic E-state index is 11.8. The fraction of sp³-hybridized carbons (Fsp3) is 0.308. The van der Waals surface area contributed by atoms with E-state index in [1.165, 1.54) is 30.3 Å². The molecule has 0 aliphatic heterocycles. The molecule has 20 heavy (non-hydrogen) atoms. The smallest absolute Gasteiger partial charge is 0.328 e. The van der Waals surface area contributed by atoms with E-state index >= 15 is 0 Å². The van der Waals surface area contributed by atoms with Crippen LogP contribution in [0.5, 0.6) is 0 Å². The maximum absolute atomic E-state index is 11.8. The molecule has 0 radical (unpaired) electrons. The highest BCUT2D eigenvalue weighted by Crippen LogP contribution is 2.11. The summed E-state index contributed by atoms with van der Waals surface area (Å²) in [6.07, 6.45) is 2.36. The summed E-state index contributed by atoms with van der Waals surface area (Å²) < 4.78 is 23.7. The summed E-state index contributed by atoms with van der Waals surface area (Å²) in [5.74, 6) is -0.855. The molecule has 0 spiro atoms. The van der Waals surface area contributed by atoms with Crippen LogP contribution in [0.15, 0.2) is 35.2 Å². The van der Waals surface area contributed by atoms with Crippen LogP contribution in [0.1, 0.15) is 19.4 Å². The molecule has 110 valence electrons. The van der Waals surface area contributed by atoms with Gasteiger partial charge in [-0.05, 0) is 29.7 Å². The van der Waals surface area contributed by atoms with Crippen molar-refractivity contribution < 1.29 is 23.2 Å². The zero-order valence-electron chi connectivity index (χ0n) is 11.2. The van der Waals surface area contributed by atoms with E-state index in [1.54, 1.807) is 0 Å². The van der Waals surface area contributed by atoms with E-state index in [4.69, 9.17) is 9.94 Å². The first kappa shape index (κ1) is 16.4.